The predicted molar refractivity (Wildman–Crippen MR) is 76.3 cm³/mol. The van der Waals surface area contributed by atoms with Crippen molar-refractivity contribution in [1.82, 2.24) is 10.6 Å². The molecule has 0 atom stereocenters. The minimum Gasteiger partial charge on any atom is -0.313 e. The molecule has 0 bridgehead atoms. The molecule has 0 radical (unpaired) electrons. The normalized spacial score (nSPS) is 24.3. The Kier molecular flexibility index (Phi) is 5.21. The molecule has 1 saturated heterocycles. The molecule has 1 fully saturated rings. The molecule has 0 amide bonds. The molecule has 2 N–H and O–H groups in total. The first kappa shape index (κ1) is 14.7. The van der Waals surface area contributed by atoms with E-state index < -0.39 is 0 Å². The Hall–Kier alpha value is -0.340. The quantitative estimate of drug-likeness (QED) is 0.568. The number of allylic oxidation sites excluding steroid dienone is 1. The zero-order valence-corrected chi connectivity index (χ0v) is 12.3. The Labute approximate surface area is 107 Å². The van der Waals surface area contributed by atoms with Gasteiger partial charge in [0, 0.05) is 17.6 Å². The molecule has 1 aliphatic rings. The maximum Gasteiger partial charge on any atom is 0.0134 e. The molecule has 0 aromatic carbocycles. The van der Waals surface area contributed by atoms with E-state index in [2.05, 4.69) is 57.4 Å². The summed E-state index contributed by atoms with van der Waals surface area (Å²) in [7, 11) is 0. The molecule has 100 valence electrons. The Bertz CT molecular complexity index is 238. The Morgan fingerprint density at radius 1 is 1.18 bits per heavy atom. The highest BCUT2D eigenvalue weighted by atomic mass is 15.0. The lowest BCUT2D eigenvalue weighted by molar-refractivity contribution is 0.123. The van der Waals surface area contributed by atoms with Gasteiger partial charge in [0.05, 0.1) is 0 Å². The van der Waals surface area contributed by atoms with Gasteiger partial charge >= 0.3 is 0 Å². The molecular weight excluding hydrogens is 208 g/mol. The fourth-order valence-corrected chi connectivity index (χ4v) is 3.35. The second-order valence-electron chi connectivity index (χ2n) is 6.73. The highest BCUT2D eigenvalue weighted by Gasteiger charge is 2.36. The van der Waals surface area contributed by atoms with E-state index in [0.29, 0.717) is 0 Å². The van der Waals surface area contributed by atoms with Crippen LogP contribution in [0.3, 0.4) is 0 Å². The average Bonchev–Trinajstić information content (AvgIpc) is 2.12. The van der Waals surface area contributed by atoms with E-state index in [-0.39, 0.29) is 11.1 Å². The molecule has 0 aromatic heterocycles. The topological polar surface area (TPSA) is 24.1 Å². The number of piperidine rings is 1. The van der Waals surface area contributed by atoms with Gasteiger partial charge in [0.1, 0.15) is 0 Å². The first-order valence-electron chi connectivity index (χ1n) is 6.96. The summed E-state index contributed by atoms with van der Waals surface area (Å²) in [6.07, 6.45) is 8.16. The van der Waals surface area contributed by atoms with Gasteiger partial charge in [0.15, 0.2) is 0 Å². The predicted octanol–water partition coefficient (Wildman–Crippen LogP) is 3.10. The summed E-state index contributed by atoms with van der Waals surface area (Å²) in [5.41, 5.74) is 0.575. The summed E-state index contributed by atoms with van der Waals surface area (Å²) in [5.74, 6) is 0.847. The molecular formula is C15H30N2. The molecule has 0 spiro atoms. The zero-order valence-electron chi connectivity index (χ0n) is 12.3. The maximum atomic E-state index is 3.74. The maximum absolute atomic E-state index is 3.74. The number of hydrogen-bond donors (Lipinski definition) is 2. The van der Waals surface area contributed by atoms with E-state index in [4.69, 9.17) is 0 Å². The molecule has 17 heavy (non-hydrogen) atoms. The number of rotatable bonds is 5. The van der Waals surface area contributed by atoms with E-state index in [1.165, 1.54) is 19.3 Å². The lowest BCUT2D eigenvalue weighted by Gasteiger charge is -2.46. The molecule has 0 aromatic rings. The van der Waals surface area contributed by atoms with Crippen molar-refractivity contribution >= 4 is 0 Å². The molecule has 2 heteroatoms. The lowest BCUT2D eigenvalue weighted by atomic mass is 9.75. The van der Waals surface area contributed by atoms with Crippen molar-refractivity contribution in [3.05, 3.63) is 12.2 Å². The summed E-state index contributed by atoms with van der Waals surface area (Å²) < 4.78 is 0. The van der Waals surface area contributed by atoms with E-state index in [0.717, 1.165) is 19.0 Å². The molecule has 1 aliphatic heterocycles. The van der Waals surface area contributed by atoms with Crippen LogP contribution in [0.2, 0.25) is 0 Å². The summed E-state index contributed by atoms with van der Waals surface area (Å²) in [6.45, 7) is 13.5. The van der Waals surface area contributed by atoms with Crippen molar-refractivity contribution in [3.63, 3.8) is 0 Å². The highest BCUT2D eigenvalue weighted by Crippen LogP contribution is 2.34. The Balaban J connectivity index is 2.33. The highest BCUT2D eigenvalue weighted by molar-refractivity contribution is 4.96. The molecule has 2 nitrogen and oxygen atoms in total. The van der Waals surface area contributed by atoms with Gasteiger partial charge in [-0.25, -0.2) is 0 Å². The van der Waals surface area contributed by atoms with Crippen LogP contribution in [-0.2, 0) is 0 Å². The van der Waals surface area contributed by atoms with Gasteiger partial charge in [-0.05, 0) is 66.3 Å². The largest absolute Gasteiger partial charge is 0.313 e. The lowest BCUT2D eigenvalue weighted by Crippen LogP contribution is -2.57. The van der Waals surface area contributed by atoms with Crippen LogP contribution in [0.4, 0.5) is 0 Å². The van der Waals surface area contributed by atoms with Gasteiger partial charge in [0.2, 0.25) is 0 Å². The minimum absolute atomic E-state index is 0.287. The van der Waals surface area contributed by atoms with Crippen molar-refractivity contribution in [2.75, 3.05) is 13.1 Å². The molecule has 1 heterocycles. The van der Waals surface area contributed by atoms with Gasteiger partial charge in [-0.1, -0.05) is 12.2 Å². The van der Waals surface area contributed by atoms with Gasteiger partial charge < -0.3 is 10.6 Å². The van der Waals surface area contributed by atoms with Crippen molar-refractivity contribution in [2.45, 2.75) is 65.0 Å². The third-order valence-corrected chi connectivity index (χ3v) is 3.50. The van der Waals surface area contributed by atoms with Gasteiger partial charge in [-0.3, -0.25) is 0 Å². The average molecular weight is 238 g/mol. The van der Waals surface area contributed by atoms with Gasteiger partial charge in [0.25, 0.3) is 0 Å². The van der Waals surface area contributed by atoms with Crippen LogP contribution in [0.1, 0.15) is 53.9 Å². The van der Waals surface area contributed by atoms with Crippen LogP contribution in [0, 0.1) is 5.92 Å². The fraction of sp³-hybridized carbons (Fsp3) is 0.867. The Morgan fingerprint density at radius 2 is 1.76 bits per heavy atom. The first-order chi connectivity index (χ1) is 7.85. The minimum atomic E-state index is 0.287. The van der Waals surface area contributed by atoms with Crippen LogP contribution in [-0.4, -0.2) is 24.2 Å². The second kappa shape index (κ2) is 6.01. The van der Waals surface area contributed by atoms with Crippen LogP contribution >= 0.6 is 0 Å². The van der Waals surface area contributed by atoms with Crippen LogP contribution in [0.5, 0.6) is 0 Å². The van der Waals surface area contributed by atoms with E-state index in [1.807, 2.05) is 0 Å². The molecule has 1 rings (SSSR count). The van der Waals surface area contributed by atoms with Crippen molar-refractivity contribution in [1.29, 1.82) is 0 Å². The van der Waals surface area contributed by atoms with Crippen LogP contribution in [0.15, 0.2) is 12.2 Å². The SMILES string of the molecule is C/C=C/CNCCC1CC(C)(C)NC(C)(C)C1. The summed E-state index contributed by atoms with van der Waals surface area (Å²) >= 11 is 0. The molecule has 0 aliphatic carbocycles. The standard InChI is InChI=1S/C15H30N2/c1-6-7-9-16-10-8-13-11-14(2,3)17-15(4,5)12-13/h6-7,13,16-17H,8-12H2,1-5H3/b7-6+. The second-order valence-corrected chi connectivity index (χ2v) is 6.73. The molecule has 0 saturated carbocycles. The smallest absolute Gasteiger partial charge is 0.0134 e. The third kappa shape index (κ3) is 5.69. The third-order valence-electron chi connectivity index (χ3n) is 3.50. The number of hydrogen-bond acceptors (Lipinski definition) is 2. The van der Waals surface area contributed by atoms with Crippen LogP contribution < -0.4 is 10.6 Å². The van der Waals surface area contributed by atoms with E-state index >= 15 is 0 Å². The monoisotopic (exact) mass is 238 g/mol. The van der Waals surface area contributed by atoms with Gasteiger partial charge in [-0.2, -0.15) is 0 Å². The van der Waals surface area contributed by atoms with Crippen molar-refractivity contribution in [3.8, 4) is 0 Å². The van der Waals surface area contributed by atoms with E-state index in [9.17, 15) is 0 Å². The number of nitrogens with one attached hydrogen (secondary N) is 2. The molecule has 0 unspecified atom stereocenters. The first-order valence-corrected chi connectivity index (χ1v) is 6.96. The Morgan fingerprint density at radius 3 is 2.29 bits per heavy atom. The van der Waals surface area contributed by atoms with Crippen molar-refractivity contribution in [2.24, 2.45) is 5.92 Å². The van der Waals surface area contributed by atoms with Crippen molar-refractivity contribution < 1.29 is 0 Å². The van der Waals surface area contributed by atoms with E-state index in [1.54, 1.807) is 0 Å². The summed E-state index contributed by atoms with van der Waals surface area (Å²) in [5, 5.41) is 7.22. The van der Waals surface area contributed by atoms with Gasteiger partial charge in [-0.15, -0.1) is 0 Å². The zero-order chi connectivity index (χ0) is 12.9. The summed E-state index contributed by atoms with van der Waals surface area (Å²) in [4.78, 5) is 0. The fourth-order valence-electron chi connectivity index (χ4n) is 3.35. The van der Waals surface area contributed by atoms with Crippen LogP contribution in [0.25, 0.3) is 0 Å². The summed E-state index contributed by atoms with van der Waals surface area (Å²) in [6, 6.07) is 0.